The second-order valence-corrected chi connectivity index (χ2v) is 9.27. The van der Waals surface area contributed by atoms with Crippen molar-refractivity contribution in [3.63, 3.8) is 0 Å². The fraction of sp³-hybridized carbons (Fsp3) is 0.120. The molecule has 8 nitrogen and oxygen atoms in total. The SMILES string of the molecule is Cc1cc(NS(=O)(=O)c2ccc(NC(=O)C(C)Oc3ccc(-c4ccccc4)cc3)cc2)no1. The first-order valence-electron chi connectivity index (χ1n) is 10.5. The maximum atomic E-state index is 12.5. The number of carbonyl (C=O) groups excluding carboxylic acids is 1. The van der Waals surface area contributed by atoms with Crippen LogP contribution in [0, 0.1) is 6.92 Å². The van der Waals surface area contributed by atoms with Crippen LogP contribution in [0.15, 0.2) is 94.3 Å². The Hall–Kier alpha value is -4.11. The number of nitrogens with one attached hydrogen (secondary N) is 2. The van der Waals surface area contributed by atoms with Gasteiger partial charge in [0.25, 0.3) is 15.9 Å². The molecule has 0 aliphatic heterocycles. The molecule has 0 radical (unpaired) electrons. The first-order valence-corrected chi connectivity index (χ1v) is 12.0. The highest BCUT2D eigenvalue weighted by Crippen LogP contribution is 2.23. The highest BCUT2D eigenvalue weighted by molar-refractivity contribution is 7.92. The van der Waals surface area contributed by atoms with Crippen molar-refractivity contribution in [1.82, 2.24) is 5.16 Å². The third-order valence-corrected chi connectivity index (χ3v) is 6.31. The van der Waals surface area contributed by atoms with E-state index in [4.69, 9.17) is 9.26 Å². The van der Waals surface area contributed by atoms with E-state index in [2.05, 4.69) is 15.2 Å². The lowest BCUT2D eigenvalue weighted by Crippen LogP contribution is -2.30. The second kappa shape index (κ2) is 9.80. The van der Waals surface area contributed by atoms with E-state index in [0.29, 0.717) is 17.2 Å². The molecule has 4 rings (SSSR count). The number of amides is 1. The maximum absolute atomic E-state index is 12.5. The fourth-order valence-electron chi connectivity index (χ4n) is 3.19. The van der Waals surface area contributed by atoms with E-state index in [9.17, 15) is 13.2 Å². The molecule has 0 spiro atoms. The molecule has 1 atom stereocenters. The molecule has 1 aromatic heterocycles. The van der Waals surface area contributed by atoms with Crippen LogP contribution < -0.4 is 14.8 Å². The summed E-state index contributed by atoms with van der Waals surface area (Å²) in [4.78, 5) is 12.6. The van der Waals surface area contributed by atoms with Crippen LogP contribution in [0.3, 0.4) is 0 Å². The number of anilines is 2. The predicted molar refractivity (Wildman–Crippen MR) is 129 cm³/mol. The van der Waals surface area contributed by atoms with Gasteiger partial charge in [0.15, 0.2) is 11.9 Å². The van der Waals surface area contributed by atoms with Gasteiger partial charge in [-0.15, -0.1) is 0 Å². The molecular formula is C25H23N3O5S. The zero-order chi connectivity index (χ0) is 24.1. The Kier molecular flexibility index (Phi) is 6.65. The Morgan fingerprint density at radius 2 is 1.59 bits per heavy atom. The van der Waals surface area contributed by atoms with Gasteiger partial charge < -0.3 is 14.6 Å². The van der Waals surface area contributed by atoms with Gasteiger partial charge in [-0.3, -0.25) is 9.52 Å². The zero-order valence-corrected chi connectivity index (χ0v) is 19.4. The molecule has 0 aliphatic carbocycles. The molecule has 9 heteroatoms. The molecule has 4 aromatic rings. The molecule has 0 saturated carbocycles. The van der Waals surface area contributed by atoms with Gasteiger partial charge >= 0.3 is 0 Å². The smallest absolute Gasteiger partial charge is 0.265 e. The fourth-order valence-corrected chi connectivity index (χ4v) is 4.17. The number of ether oxygens (including phenoxy) is 1. The monoisotopic (exact) mass is 477 g/mol. The molecule has 1 unspecified atom stereocenters. The van der Waals surface area contributed by atoms with Crippen LogP contribution in [0.5, 0.6) is 5.75 Å². The highest BCUT2D eigenvalue weighted by atomic mass is 32.2. The lowest BCUT2D eigenvalue weighted by molar-refractivity contribution is -0.122. The average molecular weight is 478 g/mol. The minimum absolute atomic E-state index is 0.0222. The second-order valence-electron chi connectivity index (χ2n) is 7.59. The highest BCUT2D eigenvalue weighted by Gasteiger charge is 2.18. The summed E-state index contributed by atoms with van der Waals surface area (Å²) in [6.07, 6.45) is -0.761. The van der Waals surface area contributed by atoms with Gasteiger partial charge in [-0.25, -0.2) is 8.42 Å². The number of sulfonamides is 1. The topological polar surface area (TPSA) is 111 Å². The Balaban J connectivity index is 1.35. The molecule has 1 heterocycles. The predicted octanol–water partition coefficient (Wildman–Crippen LogP) is 4.86. The Labute approximate surface area is 197 Å². The first-order chi connectivity index (χ1) is 16.3. The lowest BCUT2D eigenvalue weighted by Gasteiger charge is -2.15. The number of rotatable bonds is 8. The van der Waals surface area contributed by atoms with E-state index in [-0.39, 0.29) is 16.6 Å². The maximum Gasteiger partial charge on any atom is 0.265 e. The Bertz CT molecular complexity index is 1370. The van der Waals surface area contributed by atoms with Crippen molar-refractivity contribution in [2.45, 2.75) is 24.8 Å². The van der Waals surface area contributed by atoms with Crippen LogP contribution >= 0.6 is 0 Å². The third kappa shape index (κ3) is 5.62. The van der Waals surface area contributed by atoms with Crippen molar-refractivity contribution in [3.8, 4) is 16.9 Å². The van der Waals surface area contributed by atoms with E-state index in [1.807, 2.05) is 54.6 Å². The van der Waals surface area contributed by atoms with E-state index < -0.39 is 16.1 Å². The molecule has 0 saturated heterocycles. The van der Waals surface area contributed by atoms with Crippen LogP contribution in [-0.2, 0) is 14.8 Å². The van der Waals surface area contributed by atoms with Gasteiger partial charge in [0.05, 0.1) is 4.90 Å². The van der Waals surface area contributed by atoms with Crippen molar-refractivity contribution in [1.29, 1.82) is 0 Å². The standard InChI is InChI=1S/C25H23N3O5S/c1-17-16-24(27-33-17)28-34(30,31)23-14-10-21(11-15-23)26-25(29)18(2)32-22-12-8-20(9-13-22)19-6-4-3-5-7-19/h3-16,18H,1-2H3,(H,26,29)(H,27,28). The number of hydrogen-bond donors (Lipinski definition) is 2. The summed E-state index contributed by atoms with van der Waals surface area (Å²) in [5, 5.41) is 6.35. The lowest BCUT2D eigenvalue weighted by atomic mass is 10.1. The zero-order valence-electron chi connectivity index (χ0n) is 18.6. The molecule has 174 valence electrons. The number of hydrogen-bond acceptors (Lipinski definition) is 6. The quantitative estimate of drug-likeness (QED) is 0.375. The third-order valence-electron chi connectivity index (χ3n) is 4.94. The molecular weight excluding hydrogens is 454 g/mol. The molecule has 0 aliphatic rings. The number of nitrogens with zero attached hydrogens (tertiary/aromatic N) is 1. The molecule has 34 heavy (non-hydrogen) atoms. The van der Waals surface area contributed by atoms with Crippen molar-refractivity contribution < 1.29 is 22.5 Å². The van der Waals surface area contributed by atoms with Crippen LogP contribution in [-0.4, -0.2) is 25.6 Å². The average Bonchev–Trinajstić information content (AvgIpc) is 3.24. The molecule has 0 bridgehead atoms. The minimum atomic E-state index is -3.84. The summed E-state index contributed by atoms with van der Waals surface area (Å²) in [5.74, 6) is 0.786. The van der Waals surface area contributed by atoms with Gasteiger partial charge in [0, 0.05) is 11.8 Å². The van der Waals surface area contributed by atoms with Crippen molar-refractivity contribution in [2.24, 2.45) is 0 Å². The van der Waals surface area contributed by atoms with Crippen LogP contribution in [0.1, 0.15) is 12.7 Å². The molecule has 0 fully saturated rings. The van der Waals surface area contributed by atoms with E-state index >= 15 is 0 Å². The van der Waals surface area contributed by atoms with Gasteiger partial charge in [0.2, 0.25) is 0 Å². The minimum Gasteiger partial charge on any atom is -0.481 e. The van der Waals surface area contributed by atoms with Gasteiger partial charge in [-0.2, -0.15) is 0 Å². The van der Waals surface area contributed by atoms with E-state index in [0.717, 1.165) is 11.1 Å². The molecule has 1 amide bonds. The summed E-state index contributed by atoms with van der Waals surface area (Å²) in [6.45, 7) is 3.30. The van der Waals surface area contributed by atoms with Gasteiger partial charge in [-0.05, 0) is 61.4 Å². The van der Waals surface area contributed by atoms with Crippen LogP contribution in [0.2, 0.25) is 0 Å². The van der Waals surface area contributed by atoms with Crippen molar-refractivity contribution >= 4 is 27.4 Å². The summed E-state index contributed by atoms with van der Waals surface area (Å²) >= 11 is 0. The van der Waals surface area contributed by atoms with Gasteiger partial charge in [-0.1, -0.05) is 47.6 Å². The number of aryl methyl sites for hydroxylation is 1. The van der Waals surface area contributed by atoms with Gasteiger partial charge in [0.1, 0.15) is 11.5 Å². The van der Waals surface area contributed by atoms with Crippen LogP contribution in [0.4, 0.5) is 11.5 Å². The molecule has 3 aromatic carbocycles. The number of aromatic nitrogens is 1. The summed E-state index contributed by atoms with van der Waals surface area (Å²) < 4.78 is 37.9. The Morgan fingerprint density at radius 1 is 0.941 bits per heavy atom. The van der Waals surface area contributed by atoms with E-state index in [1.165, 1.54) is 30.3 Å². The normalized spacial score (nSPS) is 12.1. The van der Waals surface area contributed by atoms with Crippen molar-refractivity contribution in [3.05, 3.63) is 90.7 Å². The Morgan fingerprint density at radius 3 is 2.21 bits per heavy atom. The first kappa shape index (κ1) is 23.1. The summed E-state index contributed by atoms with van der Waals surface area (Å²) in [7, 11) is -3.84. The summed E-state index contributed by atoms with van der Waals surface area (Å²) in [5.41, 5.74) is 2.58. The van der Waals surface area contributed by atoms with Crippen molar-refractivity contribution in [2.75, 3.05) is 10.0 Å². The largest absolute Gasteiger partial charge is 0.481 e. The molecule has 2 N–H and O–H groups in total. The number of carbonyl (C=O) groups is 1. The number of benzene rings is 3. The van der Waals surface area contributed by atoms with Crippen LogP contribution in [0.25, 0.3) is 11.1 Å². The van der Waals surface area contributed by atoms with E-state index in [1.54, 1.807) is 13.8 Å². The summed E-state index contributed by atoms with van der Waals surface area (Å²) in [6, 6.07) is 24.7.